The molecule has 0 atom stereocenters. The monoisotopic (exact) mass is 186 g/mol. The van der Waals surface area contributed by atoms with Crippen molar-refractivity contribution in [2.45, 2.75) is 52.6 Å². The SMILES string of the molecule is CCCCC/C(C)=C/[Si](C)(C)O. The molecule has 0 aromatic carbocycles. The topological polar surface area (TPSA) is 20.2 Å². The van der Waals surface area contributed by atoms with E-state index in [4.69, 9.17) is 0 Å². The molecule has 1 N–H and O–H groups in total. The Morgan fingerprint density at radius 3 is 2.33 bits per heavy atom. The Bertz CT molecular complexity index is 144. The van der Waals surface area contributed by atoms with Crippen molar-refractivity contribution >= 4 is 8.32 Å². The quantitative estimate of drug-likeness (QED) is 0.516. The summed E-state index contributed by atoms with van der Waals surface area (Å²) >= 11 is 0. The summed E-state index contributed by atoms with van der Waals surface area (Å²) in [6.07, 6.45) is 5.00. The predicted molar refractivity (Wildman–Crippen MR) is 57.6 cm³/mol. The van der Waals surface area contributed by atoms with Gasteiger partial charge in [0.2, 0.25) is 8.32 Å². The standard InChI is InChI=1S/C10H22OSi/c1-5-6-7-8-10(2)9-12(3,4)11/h9,11H,5-8H2,1-4H3/b10-9+. The van der Waals surface area contributed by atoms with Crippen LogP contribution in [0.5, 0.6) is 0 Å². The molecule has 0 amide bonds. The van der Waals surface area contributed by atoms with Crippen molar-refractivity contribution in [2.75, 3.05) is 0 Å². The molecule has 1 nitrogen and oxygen atoms in total. The first-order chi connectivity index (χ1) is 5.45. The van der Waals surface area contributed by atoms with E-state index >= 15 is 0 Å². The minimum atomic E-state index is -1.94. The van der Waals surface area contributed by atoms with Gasteiger partial charge in [0.25, 0.3) is 0 Å². The lowest BCUT2D eigenvalue weighted by atomic mass is 10.1. The Kier molecular flexibility index (Phi) is 5.50. The van der Waals surface area contributed by atoms with Crippen molar-refractivity contribution in [3.63, 3.8) is 0 Å². The Labute approximate surface area is 77.6 Å². The summed E-state index contributed by atoms with van der Waals surface area (Å²) in [6.45, 7) is 8.25. The van der Waals surface area contributed by atoms with E-state index in [1.165, 1.54) is 24.8 Å². The van der Waals surface area contributed by atoms with Gasteiger partial charge in [-0.2, -0.15) is 0 Å². The van der Waals surface area contributed by atoms with Crippen LogP contribution in [0.15, 0.2) is 11.3 Å². The smallest absolute Gasteiger partial charge is 0.206 e. The van der Waals surface area contributed by atoms with Gasteiger partial charge in [0.1, 0.15) is 0 Å². The zero-order chi connectivity index (χ0) is 9.61. The lowest BCUT2D eigenvalue weighted by Gasteiger charge is -2.09. The highest BCUT2D eigenvalue weighted by Crippen LogP contribution is 2.11. The Morgan fingerprint density at radius 2 is 1.92 bits per heavy atom. The van der Waals surface area contributed by atoms with Crippen LogP contribution in [0.3, 0.4) is 0 Å². The van der Waals surface area contributed by atoms with E-state index in [1.807, 2.05) is 13.1 Å². The van der Waals surface area contributed by atoms with Crippen LogP contribution < -0.4 is 0 Å². The van der Waals surface area contributed by atoms with Gasteiger partial charge in [0.15, 0.2) is 0 Å². The predicted octanol–water partition coefficient (Wildman–Crippen LogP) is 3.25. The van der Waals surface area contributed by atoms with Crippen molar-refractivity contribution in [3.8, 4) is 0 Å². The summed E-state index contributed by atoms with van der Waals surface area (Å²) in [6, 6.07) is 0. The third-order valence-corrected chi connectivity index (χ3v) is 2.97. The molecule has 0 unspecified atom stereocenters. The fraction of sp³-hybridized carbons (Fsp3) is 0.800. The molecular formula is C10H22OSi. The van der Waals surface area contributed by atoms with Crippen LogP contribution in [-0.4, -0.2) is 13.1 Å². The minimum absolute atomic E-state index is 1.16. The Balaban J connectivity index is 3.71. The van der Waals surface area contributed by atoms with Crippen molar-refractivity contribution < 1.29 is 4.80 Å². The first-order valence-corrected chi connectivity index (χ1v) is 7.89. The van der Waals surface area contributed by atoms with Gasteiger partial charge >= 0.3 is 0 Å². The second kappa shape index (κ2) is 5.54. The zero-order valence-electron chi connectivity index (χ0n) is 8.85. The molecule has 0 spiro atoms. The van der Waals surface area contributed by atoms with Gasteiger partial charge < -0.3 is 4.80 Å². The normalized spacial score (nSPS) is 13.6. The molecule has 0 rings (SSSR count). The Morgan fingerprint density at radius 1 is 1.33 bits per heavy atom. The van der Waals surface area contributed by atoms with Crippen LogP contribution in [0, 0.1) is 0 Å². The average molecular weight is 186 g/mol. The highest BCUT2D eigenvalue weighted by atomic mass is 28.4. The van der Waals surface area contributed by atoms with Crippen molar-refractivity contribution in [1.82, 2.24) is 0 Å². The zero-order valence-corrected chi connectivity index (χ0v) is 9.85. The molecule has 0 bridgehead atoms. The van der Waals surface area contributed by atoms with Crippen LogP contribution in [0.4, 0.5) is 0 Å². The Hall–Kier alpha value is -0.0831. The molecule has 0 aromatic rings. The van der Waals surface area contributed by atoms with E-state index in [0.29, 0.717) is 0 Å². The molecule has 12 heavy (non-hydrogen) atoms. The van der Waals surface area contributed by atoms with E-state index in [9.17, 15) is 4.80 Å². The van der Waals surface area contributed by atoms with Gasteiger partial charge in [-0.3, -0.25) is 0 Å². The second-order valence-corrected chi connectivity index (χ2v) is 7.70. The largest absolute Gasteiger partial charge is 0.428 e. The van der Waals surface area contributed by atoms with E-state index in [-0.39, 0.29) is 0 Å². The number of allylic oxidation sites excluding steroid dienone is 1. The summed E-state index contributed by atoms with van der Waals surface area (Å²) in [5, 5.41) is 0. The number of hydrogen-bond donors (Lipinski definition) is 1. The average Bonchev–Trinajstić information content (AvgIpc) is 1.84. The molecule has 0 saturated heterocycles. The van der Waals surface area contributed by atoms with Gasteiger partial charge in [-0.15, -0.1) is 0 Å². The molecular weight excluding hydrogens is 164 g/mol. The molecule has 2 heteroatoms. The summed E-state index contributed by atoms with van der Waals surface area (Å²) < 4.78 is 0. The fourth-order valence-electron chi connectivity index (χ4n) is 1.33. The maximum absolute atomic E-state index is 9.61. The third-order valence-electron chi connectivity index (χ3n) is 1.77. The molecule has 72 valence electrons. The molecule has 0 aromatic heterocycles. The number of hydrogen-bond acceptors (Lipinski definition) is 1. The van der Waals surface area contributed by atoms with Crippen molar-refractivity contribution in [2.24, 2.45) is 0 Å². The molecule has 0 aliphatic rings. The fourth-order valence-corrected chi connectivity index (χ4v) is 2.68. The first kappa shape index (κ1) is 11.9. The van der Waals surface area contributed by atoms with Gasteiger partial charge in [-0.1, -0.05) is 31.0 Å². The summed E-state index contributed by atoms with van der Waals surface area (Å²) in [5.74, 6) is 0. The van der Waals surface area contributed by atoms with Gasteiger partial charge in [-0.05, 0) is 32.9 Å². The highest BCUT2D eigenvalue weighted by Gasteiger charge is 2.12. The first-order valence-electron chi connectivity index (χ1n) is 4.86. The van der Waals surface area contributed by atoms with Crippen LogP contribution in [-0.2, 0) is 0 Å². The molecule has 0 aliphatic heterocycles. The van der Waals surface area contributed by atoms with Gasteiger partial charge in [0, 0.05) is 0 Å². The van der Waals surface area contributed by atoms with Gasteiger partial charge in [-0.25, -0.2) is 0 Å². The maximum atomic E-state index is 9.61. The van der Waals surface area contributed by atoms with E-state index in [1.54, 1.807) is 0 Å². The van der Waals surface area contributed by atoms with Crippen molar-refractivity contribution in [1.29, 1.82) is 0 Å². The van der Waals surface area contributed by atoms with Crippen LogP contribution in [0.1, 0.15) is 39.5 Å². The lowest BCUT2D eigenvalue weighted by Crippen LogP contribution is -2.22. The van der Waals surface area contributed by atoms with E-state index < -0.39 is 8.32 Å². The number of unbranched alkanes of at least 4 members (excludes halogenated alkanes) is 2. The van der Waals surface area contributed by atoms with Crippen LogP contribution in [0.2, 0.25) is 13.1 Å². The third kappa shape index (κ3) is 8.02. The van der Waals surface area contributed by atoms with Crippen molar-refractivity contribution in [3.05, 3.63) is 11.3 Å². The molecule has 0 saturated carbocycles. The molecule has 0 radical (unpaired) electrons. The lowest BCUT2D eigenvalue weighted by molar-refractivity contribution is 0.566. The summed E-state index contributed by atoms with van der Waals surface area (Å²) in [4.78, 5) is 9.61. The second-order valence-electron chi connectivity index (χ2n) is 4.10. The summed E-state index contributed by atoms with van der Waals surface area (Å²) in [5.41, 5.74) is 3.45. The summed E-state index contributed by atoms with van der Waals surface area (Å²) in [7, 11) is -1.94. The van der Waals surface area contributed by atoms with Crippen LogP contribution in [0.25, 0.3) is 0 Å². The molecule has 0 fully saturated rings. The van der Waals surface area contributed by atoms with E-state index in [0.717, 1.165) is 6.42 Å². The molecule has 0 heterocycles. The van der Waals surface area contributed by atoms with E-state index in [2.05, 4.69) is 19.5 Å². The maximum Gasteiger partial charge on any atom is 0.206 e. The highest BCUT2D eigenvalue weighted by molar-refractivity contribution is 6.75. The number of rotatable bonds is 5. The minimum Gasteiger partial charge on any atom is -0.428 e. The molecule has 0 aliphatic carbocycles. The van der Waals surface area contributed by atoms with Gasteiger partial charge in [0.05, 0.1) is 0 Å². The van der Waals surface area contributed by atoms with Crippen LogP contribution >= 0.6 is 0 Å².